The van der Waals surface area contributed by atoms with Gasteiger partial charge in [0, 0.05) is 18.4 Å². The molecule has 0 aliphatic heterocycles. The predicted octanol–water partition coefficient (Wildman–Crippen LogP) is 2.41. The quantitative estimate of drug-likeness (QED) is 0.345. The zero-order chi connectivity index (χ0) is 14.5. The van der Waals surface area contributed by atoms with Crippen LogP contribution < -0.4 is 11.1 Å². The Hall–Kier alpha value is -2.56. The number of pyridine rings is 1. The number of benzene rings is 1. The summed E-state index contributed by atoms with van der Waals surface area (Å²) in [7, 11) is 0. The van der Waals surface area contributed by atoms with Crippen LogP contribution in [0.25, 0.3) is 0 Å². The van der Waals surface area contributed by atoms with Crippen molar-refractivity contribution in [3.63, 3.8) is 0 Å². The lowest BCUT2D eigenvalue weighted by Gasteiger charge is -2.11. The van der Waals surface area contributed by atoms with Gasteiger partial charge in [-0.2, -0.15) is 0 Å². The molecule has 1 heterocycles. The average Bonchev–Trinajstić information content (AvgIpc) is 2.48. The zero-order valence-corrected chi connectivity index (χ0v) is 11.6. The van der Waals surface area contributed by atoms with Gasteiger partial charge in [-0.1, -0.05) is 17.3 Å². The van der Waals surface area contributed by atoms with Gasteiger partial charge < -0.3 is 16.3 Å². The summed E-state index contributed by atoms with van der Waals surface area (Å²) < 4.78 is 0. The number of anilines is 1. The first-order valence-corrected chi connectivity index (χ1v) is 6.34. The molecule has 0 radical (unpaired) electrons. The first kappa shape index (κ1) is 13.9. The molecule has 0 fully saturated rings. The van der Waals surface area contributed by atoms with E-state index in [-0.39, 0.29) is 5.84 Å². The van der Waals surface area contributed by atoms with Crippen molar-refractivity contribution in [2.75, 3.05) is 5.32 Å². The summed E-state index contributed by atoms with van der Waals surface area (Å²) in [6.45, 7) is 4.83. The number of hydrogen-bond acceptors (Lipinski definition) is 4. The largest absolute Gasteiger partial charge is 0.409 e. The van der Waals surface area contributed by atoms with Crippen molar-refractivity contribution in [2.45, 2.75) is 20.4 Å². The second-order valence-electron chi connectivity index (χ2n) is 4.64. The molecule has 0 atom stereocenters. The van der Waals surface area contributed by atoms with Crippen LogP contribution in [0.1, 0.15) is 22.4 Å². The van der Waals surface area contributed by atoms with E-state index in [1.54, 1.807) is 12.3 Å². The highest BCUT2D eigenvalue weighted by Crippen LogP contribution is 2.18. The number of hydrogen-bond donors (Lipinski definition) is 3. The third-order valence-corrected chi connectivity index (χ3v) is 3.28. The van der Waals surface area contributed by atoms with Crippen molar-refractivity contribution < 1.29 is 5.21 Å². The first-order chi connectivity index (χ1) is 9.61. The topological polar surface area (TPSA) is 83.5 Å². The van der Waals surface area contributed by atoms with Gasteiger partial charge >= 0.3 is 0 Å². The van der Waals surface area contributed by atoms with Crippen LogP contribution in [0.3, 0.4) is 0 Å². The molecule has 1 aromatic carbocycles. The fourth-order valence-electron chi connectivity index (χ4n) is 1.92. The Balaban J connectivity index is 2.13. The molecule has 104 valence electrons. The number of nitrogens with two attached hydrogens (primary N) is 1. The molecule has 4 N–H and O–H groups in total. The van der Waals surface area contributed by atoms with Crippen molar-refractivity contribution in [2.24, 2.45) is 10.9 Å². The summed E-state index contributed by atoms with van der Waals surface area (Å²) in [6.07, 6.45) is 1.65. The molecular formula is C15H18N4O. The number of aromatic nitrogens is 1. The van der Waals surface area contributed by atoms with Crippen LogP contribution in [-0.4, -0.2) is 16.0 Å². The SMILES string of the molecule is Cc1cccc(NCc2ccnc(C(N)=NO)c2)c1C. The predicted molar refractivity (Wildman–Crippen MR) is 80.0 cm³/mol. The van der Waals surface area contributed by atoms with Crippen LogP contribution in [-0.2, 0) is 6.54 Å². The molecule has 0 aliphatic rings. The molecule has 2 rings (SSSR count). The molecule has 20 heavy (non-hydrogen) atoms. The summed E-state index contributed by atoms with van der Waals surface area (Å²) in [4.78, 5) is 4.05. The van der Waals surface area contributed by atoms with Crippen LogP contribution in [0.15, 0.2) is 41.7 Å². The molecule has 0 spiro atoms. The summed E-state index contributed by atoms with van der Waals surface area (Å²) in [6, 6.07) is 9.86. The van der Waals surface area contributed by atoms with Gasteiger partial charge in [0.25, 0.3) is 0 Å². The maximum atomic E-state index is 8.66. The van der Waals surface area contributed by atoms with E-state index in [0.29, 0.717) is 12.2 Å². The number of aryl methyl sites for hydroxylation is 1. The number of amidine groups is 1. The minimum absolute atomic E-state index is 0.0126. The summed E-state index contributed by atoms with van der Waals surface area (Å²) in [5.41, 5.74) is 10.6. The third-order valence-electron chi connectivity index (χ3n) is 3.28. The Bertz CT molecular complexity index is 638. The normalized spacial score (nSPS) is 11.4. The van der Waals surface area contributed by atoms with Crippen molar-refractivity contribution in [3.05, 3.63) is 58.9 Å². The Kier molecular flexibility index (Phi) is 4.20. The van der Waals surface area contributed by atoms with Crippen LogP contribution in [0.5, 0.6) is 0 Å². The van der Waals surface area contributed by atoms with Gasteiger partial charge in [-0.05, 0) is 48.7 Å². The van der Waals surface area contributed by atoms with Gasteiger partial charge in [0.2, 0.25) is 0 Å². The molecule has 0 amide bonds. The molecular weight excluding hydrogens is 252 g/mol. The van der Waals surface area contributed by atoms with E-state index in [0.717, 1.165) is 11.3 Å². The van der Waals surface area contributed by atoms with Gasteiger partial charge in [0.05, 0.1) is 0 Å². The van der Waals surface area contributed by atoms with E-state index in [9.17, 15) is 0 Å². The Labute approximate surface area is 118 Å². The van der Waals surface area contributed by atoms with E-state index >= 15 is 0 Å². The first-order valence-electron chi connectivity index (χ1n) is 6.34. The number of nitrogens with one attached hydrogen (secondary N) is 1. The molecule has 0 unspecified atom stereocenters. The van der Waals surface area contributed by atoms with E-state index < -0.39 is 0 Å². The van der Waals surface area contributed by atoms with Crippen molar-refractivity contribution in [1.29, 1.82) is 0 Å². The molecule has 0 bridgehead atoms. The van der Waals surface area contributed by atoms with E-state index in [1.165, 1.54) is 11.1 Å². The van der Waals surface area contributed by atoms with Gasteiger partial charge in [-0.15, -0.1) is 0 Å². The highest BCUT2D eigenvalue weighted by Gasteiger charge is 2.04. The van der Waals surface area contributed by atoms with Crippen LogP contribution in [0.2, 0.25) is 0 Å². The monoisotopic (exact) mass is 270 g/mol. The highest BCUT2D eigenvalue weighted by molar-refractivity contribution is 5.95. The van der Waals surface area contributed by atoms with E-state index in [2.05, 4.69) is 35.4 Å². The lowest BCUT2D eigenvalue weighted by molar-refractivity contribution is 0.318. The van der Waals surface area contributed by atoms with Crippen molar-refractivity contribution >= 4 is 11.5 Å². The summed E-state index contributed by atoms with van der Waals surface area (Å²) >= 11 is 0. The lowest BCUT2D eigenvalue weighted by atomic mass is 10.1. The van der Waals surface area contributed by atoms with Crippen LogP contribution >= 0.6 is 0 Å². The number of nitrogens with zero attached hydrogens (tertiary/aromatic N) is 2. The number of rotatable bonds is 4. The molecule has 5 nitrogen and oxygen atoms in total. The number of oxime groups is 1. The third kappa shape index (κ3) is 3.06. The van der Waals surface area contributed by atoms with Gasteiger partial charge in [0.15, 0.2) is 5.84 Å². The van der Waals surface area contributed by atoms with Crippen molar-refractivity contribution in [1.82, 2.24) is 4.98 Å². The minimum Gasteiger partial charge on any atom is -0.409 e. The molecule has 0 saturated heterocycles. The van der Waals surface area contributed by atoms with E-state index in [4.69, 9.17) is 10.9 Å². The Morgan fingerprint density at radius 1 is 1.35 bits per heavy atom. The van der Waals surface area contributed by atoms with Crippen LogP contribution in [0.4, 0.5) is 5.69 Å². The molecule has 0 saturated carbocycles. The minimum atomic E-state index is 0.0126. The highest BCUT2D eigenvalue weighted by atomic mass is 16.4. The summed E-state index contributed by atoms with van der Waals surface area (Å²) in [5, 5.41) is 15.0. The van der Waals surface area contributed by atoms with Crippen LogP contribution in [0, 0.1) is 13.8 Å². The standard InChI is InChI=1S/C15H18N4O/c1-10-4-3-5-13(11(10)2)18-9-12-6-7-17-14(8-12)15(16)19-20/h3-8,18,20H,9H2,1-2H3,(H2,16,19). The van der Waals surface area contributed by atoms with E-state index in [1.807, 2.05) is 18.2 Å². The smallest absolute Gasteiger partial charge is 0.188 e. The maximum Gasteiger partial charge on any atom is 0.188 e. The molecule has 5 heteroatoms. The zero-order valence-electron chi connectivity index (χ0n) is 11.6. The van der Waals surface area contributed by atoms with Gasteiger partial charge in [0.1, 0.15) is 5.69 Å². The van der Waals surface area contributed by atoms with Crippen molar-refractivity contribution in [3.8, 4) is 0 Å². The molecule has 1 aromatic heterocycles. The molecule has 0 aliphatic carbocycles. The fourth-order valence-corrected chi connectivity index (χ4v) is 1.92. The van der Waals surface area contributed by atoms with Gasteiger partial charge in [-0.3, -0.25) is 4.98 Å². The van der Waals surface area contributed by atoms with Gasteiger partial charge in [-0.25, -0.2) is 0 Å². The maximum absolute atomic E-state index is 8.66. The average molecular weight is 270 g/mol. The second-order valence-corrected chi connectivity index (χ2v) is 4.64. The second kappa shape index (κ2) is 6.06. The fraction of sp³-hybridized carbons (Fsp3) is 0.200. The Morgan fingerprint density at radius 3 is 2.90 bits per heavy atom. The lowest BCUT2D eigenvalue weighted by Crippen LogP contribution is -2.15. The summed E-state index contributed by atoms with van der Waals surface area (Å²) in [5.74, 6) is 0.0126. The molecule has 2 aromatic rings. The Morgan fingerprint density at radius 2 is 2.15 bits per heavy atom.